The minimum absolute atomic E-state index is 0.194. The van der Waals surface area contributed by atoms with Gasteiger partial charge in [0.05, 0.1) is 23.3 Å². The van der Waals surface area contributed by atoms with Gasteiger partial charge in [-0.3, -0.25) is 0 Å². The lowest BCUT2D eigenvalue weighted by atomic mass is 9.94. The van der Waals surface area contributed by atoms with Crippen LogP contribution in [0.2, 0.25) is 0 Å². The Morgan fingerprint density at radius 2 is 2.06 bits per heavy atom. The lowest BCUT2D eigenvalue weighted by molar-refractivity contribution is -0.267. The quantitative estimate of drug-likeness (QED) is 0.857. The zero-order valence-corrected chi connectivity index (χ0v) is 10.4. The fourth-order valence-corrected chi connectivity index (χ4v) is 1.69. The molecule has 1 aliphatic heterocycles. The molecule has 17 heavy (non-hydrogen) atoms. The van der Waals surface area contributed by atoms with Crippen molar-refractivity contribution in [2.75, 3.05) is 18.0 Å². The molecule has 2 rings (SSSR count). The Balaban J connectivity index is 2.12. The van der Waals surface area contributed by atoms with Gasteiger partial charge in [0.2, 0.25) is 5.95 Å². The van der Waals surface area contributed by atoms with E-state index in [2.05, 4.69) is 25.9 Å². The van der Waals surface area contributed by atoms with Crippen LogP contribution in [-0.4, -0.2) is 39.9 Å². The van der Waals surface area contributed by atoms with Gasteiger partial charge in [-0.25, -0.2) is 9.97 Å². The highest BCUT2D eigenvalue weighted by molar-refractivity contribution is 9.10. The van der Waals surface area contributed by atoms with Crippen LogP contribution in [0.5, 0.6) is 0 Å². The Kier molecular flexibility index (Phi) is 2.81. The summed E-state index contributed by atoms with van der Waals surface area (Å²) < 4.78 is 37.9. The van der Waals surface area contributed by atoms with Gasteiger partial charge >= 0.3 is 6.18 Å². The van der Waals surface area contributed by atoms with E-state index in [9.17, 15) is 18.3 Å². The van der Waals surface area contributed by atoms with E-state index in [1.807, 2.05) is 0 Å². The maximum atomic E-state index is 12.4. The standard InChI is InChI=1S/C9H9BrF3N3O/c1-5-6(10)2-14-7(15-5)16-3-8(17,4-16)9(11,12)13/h2,17H,3-4H2,1H3. The highest BCUT2D eigenvalue weighted by atomic mass is 79.9. The predicted octanol–water partition coefficient (Wildman–Crippen LogP) is 1.66. The van der Waals surface area contributed by atoms with Crippen LogP contribution < -0.4 is 4.90 Å². The van der Waals surface area contributed by atoms with Crippen LogP contribution in [0.1, 0.15) is 5.69 Å². The number of aryl methyl sites for hydroxylation is 1. The second kappa shape index (κ2) is 3.81. The Bertz CT molecular complexity index is 446. The number of aromatic nitrogens is 2. The molecule has 1 aliphatic rings. The monoisotopic (exact) mass is 311 g/mol. The molecule has 1 N–H and O–H groups in total. The maximum Gasteiger partial charge on any atom is 0.420 e. The number of nitrogens with zero attached hydrogens (tertiary/aromatic N) is 3. The van der Waals surface area contributed by atoms with Crippen LogP contribution in [0, 0.1) is 6.92 Å². The van der Waals surface area contributed by atoms with Crippen LogP contribution in [0.4, 0.5) is 19.1 Å². The number of anilines is 1. The molecule has 1 saturated heterocycles. The van der Waals surface area contributed by atoms with Crippen LogP contribution in [0.25, 0.3) is 0 Å². The van der Waals surface area contributed by atoms with Gasteiger partial charge in [-0.05, 0) is 22.9 Å². The molecule has 0 unspecified atom stereocenters. The van der Waals surface area contributed by atoms with Gasteiger partial charge < -0.3 is 10.0 Å². The van der Waals surface area contributed by atoms with Crippen molar-refractivity contribution in [2.24, 2.45) is 0 Å². The number of hydrogen-bond acceptors (Lipinski definition) is 4. The van der Waals surface area contributed by atoms with Crippen molar-refractivity contribution < 1.29 is 18.3 Å². The topological polar surface area (TPSA) is 49.2 Å². The van der Waals surface area contributed by atoms with E-state index in [0.717, 1.165) is 0 Å². The highest BCUT2D eigenvalue weighted by Gasteiger charge is 2.61. The minimum atomic E-state index is -4.62. The number of aliphatic hydroxyl groups is 1. The van der Waals surface area contributed by atoms with Crippen LogP contribution in [-0.2, 0) is 0 Å². The molecule has 1 fully saturated rings. The summed E-state index contributed by atoms with van der Waals surface area (Å²) in [5.41, 5.74) is -2.01. The zero-order valence-electron chi connectivity index (χ0n) is 8.79. The second-order valence-electron chi connectivity index (χ2n) is 3.99. The van der Waals surface area contributed by atoms with E-state index in [1.165, 1.54) is 11.1 Å². The van der Waals surface area contributed by atoms with Crippen LogP contribution in [0.3, 0.4) is 0 Å². The Labute approximate surface area is 104 Å². The molecule has 0 atom stereocenters. The van der Waals surface area contributed by atoms with E-state index >= 15 is 0 Å². The molecule has 94 valence electrons. The van der Waals surface area contributed by atoms with Crippen molar-refractivity contribution in [3.05, 3.63) is 16.4 Å². The summed E-state index contributed by atoms with van der Waals surface area (Å²) >= 11 is 3.20. The Hall–Kier alpha value is -0.890. The predicted molar refractivity (Wildman–Crippen MR) is 57.7 cm³/mol. The van der Waals surface area contributed by atoms with Crippen LogP contribution >= 0.6 is 15.9 Å². The fourth-order valence-electron chi connectivity index (χ4n) is 1.50. The maximum absolute atomic E-state index is 12.4. The minimum Gasteiger partial charge on any atom is -0.378 e. The van der Waals surface area contributed by atoms with Crippen LogP contribution in [0.15, 0.2) is 10.7 Å². The average Bonchev–Trinajstić information content (AvgIpc) is 2.16. The van der Waals surface area contributed by atoms with E-state index in [0.29, 0.717) is 10.2 Å². The lowest BCUT2D eigenvalue weighted by Crippen LogP contribution is -2.69. The molecule has 2 heterocycles. The molecule has 1 aromatic heterocycles. The molecule has 8 heteroatoms. The summed E-state index contributed by atoms with van der Waals surface area (Å²) in [5.74, 6) is 0.194. The fraction of sp³-hybridized carbons (Fsp3) is 0.556. The summed E-state index contributed by atoms with van der Waals surface area (Å²) in [4.78, 5) is 9.21. The van der Waals surface area contributed by atoms with Gasteiger partial charge in [0.15, 0.2) is 5.60 Å². The second-order valence-corrected chi connectivity index (χ2v) is 4.84. The van der Waals surface area contributed by atoms with Crippen molar-refractivity contribution in [1.29, 1.82) is 0 Å². The van der Waals surface area contributed by atoms with Crippen molar-refractivity contribution in [3.8, 4) is 0 Å². The smallest absolute Gasteiger partial charge is 0.378 e. The van der Waals surface area contributed by atoms with Crippen molar-refractivity contribution in [3.63, 3.8) is 0 Å². The summed E-state index contributed by atoms with van der Waals surface area (Å²) in [5, 5.41) is 9.27. The molecule has 4 nitrogen and oxygen atoms in total. The molecule has 0 spiro atoms. The first-order valence-electron chi connectivity index (χ1n) is 4.76. The normalized spacial score (nSPS) is 19.1. The molecule has 0 bridgehead atoms. The first kappa shape index (κ1) is 12.6. The summed E-state index contributed by atoms with van der Waals surface area (Å²) in [6.45, 7) is 0.653. The van der Waals surface area contributed by atoms with Gasteiger partial charge in [-0.15, -0.1) is 0 Å². The lowest BCUT2D eigenvalue weighted by Gasteiger charge is -2.46. The third kappa shape index (κ3) is 2.11. The van der Waals surface area contributed by atoms with Gasteiger partial charge in [0, 0.05) is 6.20 Å². The third-order valence-electron chi connectivity index (χ3n) is 2.62. The van der Waals surface area contributed by atoms with E-state index in [-0.39, 0.29) is 5.95 Å². The van der Waals surface area contributed by atoms with Crippen molar-refractivity contribution in [1.82, 2.24) is 9.97 Å². The molecule has 0 saturated carbocycles. The summed E-state index contributed by atoms with van der Waals surface area (Å²) in [7, 11) is 0. The first-order valence-corrected chi connectivity index (χ1v) is 5.55. The first-order chi connectivity index (χ1) is 7.73. The van der Waals surface area contributed by atoms with Gasteiger partial charge in [0.25, 0.3) is 0 Å². The largest absolute Gasteiger partial charge is 0.420 e. The molecule has 0 aliphatic carbocycles. The summed E-state index contributed by atoms with van der Waals surface area (Å²) in [6, 6.07) is 0. The van der Waals surface area contributed by atoms with Crippen molar-refractivity contribution in [2.45, 2.75) is 18.7 Å². The zero-order chi connectivity index (χ0) is 12.8. The van der Waals surface area contributed by atoms with Gasteiger partial charge in [-0.2, -0.15) is 13.2 Å². The molecule has 0 radical (unpaired) electrons. The molecule has 0 aromatic carbocycles. The average molecular weight is 312 g/mol. The van der Waals surface area contributed by atoms with E-state index in [1.54, 1.807) is 6.92 Å². The third-order valence-corrected chi connectivity index (χ3v) is 3.40. The number of hydrogen-bond donors (Lipinski definition) is 1. The molecular formula is C9H9BrF3N3O. The molecular weight excluding hydrogens is 303 g/mol. The number of alkyl halides is 3. The van der Waals surface area contributed by atoms with Crippen molar-refractivity contribution >= 4 is 21.9 Å². The number of β-amino-alcohol motifs (C(OH)–C–C–N with tert-alkyl or cyclic N) is 1. The molecule has 1 aromatic rings. The SMILES string of the molecule is Cc1nc(N2CC(O)(C(F)(F)F)C2)ncc1Br. The van der Waals surface area contributed by atoms with E-state index < -0.39 is 24.9 Å². The highest BCUT2D eigenvalue weighted by Crippen LogP contribution is 2.38. The number of rotatable bonds is 1. The van der Waals surface area contributed by atoms with Gasteiger partial charge in [0.1, 0.15) is 0 Å². The number of halogens is 4. The Morgan fingerprint density at radius 1 is 1.47 bits per heavy atom. The molecule has 0 amide bonds. The van der Waals surface area contributed by atoms with Gasteiger partial charge in [-0.1, -0.05) is 0 Å². The summed E-state index contributed by atoms with van der Waals surface area (Å²) in [6.07, 6.45) is -3.14. The Morgan fingerprint density at radius 3 is 2.53 bits per heavy atom. The van der Waals surface area contributed by atoms with E-state index in [4.69, 9.17) is 0 Å².